The zero-order chi connectivity index (χ0) is 15.9. The van der Waals surface area contributed by atoms with Crippen molar-refractivity contribution >= 4 is 11.8 Å². The second-order valence-electron chi connectivity index (χ2n) is 6.44. The van der Waals surface area contributed by atoms with Crippen LogP contribution in [0.5, 0.6) is 0 Å². The molecule has 2 amide bonds. The predicted molar refractivity (Wildman–Crippen MR) is 90.7 cm³/mol. The maximum Gasteiger partial charge on any atom is 0.219 e. The number of carbonyl (C=O) groups excluding carboxylic acids is 2. The molecule has 0 unspecified atom stereocenters. The molecule has 0 aliphatic carbocycles. The van der Waals surface area contributed by atoms with Gasteiger partial charge in [0.05, 0.1) is 0 Å². The lowest BCUT2D eigenvalue weighted by Crippen LogP contribution is -2.25. The highest BCUT2D eigenvalue weighted by atomic mass is 16.2. The number of rotatable bonds is 0. The molecule has 1 aliphatic rings. The van der Waals surface area contributed by atoms with Crippen LogP contribution in [0.3, 0.4) is 0 Å². The maximum absolute atomic E-state index is 11.6. The Morgan fingerprint density at radius 1 is 0.455 bits per heavy atom. The van der Waals surface area contributed by atoms with E-state index in [-0.39, 0.29) is 11.8 Å². The fourth-order valence-corrected chi connectivity index (χ4v) is 2.87. The van der Waals surface area contributed by atoms with Crippen molar-refractivity contribution in [3.8, 4) is 0 Å². The van der Waals surface area contributed by atoms with Crippen LogP contribution in [0.25, 0.3) is 0 Å². The minimum absolute atomic E-state index is 0.179. The second-order valence-corrected chi connectivity index (χ2v) is 6.44. The summed E-state index contributed by atoms with van der Waals surface area (Å²) in [6.45, 7) is 1.58. The summed E-state index contributed by atoms with van der Waals surface area (Å²) in [6, 6.07) is 0. The van der Waals surface area contributed by atoms with Crippen LogP contribution in [-0.2, 0) is 9.59 Å². The molecule has 0 atom stereocenters. The van der Waals surface area contributed by atoms with Gasteiger partial charge >= 0.3 is 0 Å². The Morgan fingerprint density at radius 2 is 0.773 bits per heavy atom. The molecule has 1 rings (SSSR count). The van der Waals surface area contributed by atoms with E-state index in [1.165, 1.54) is 44.9 Å². The lowest BCUT2D eigenvalue weighted by Gasteiger charge is -2.07. The molecule has 1 saturated heterocycles. The summed E-state index contributed by atoms with van der Waals surface area (Å²) in [4.78, 5) is 23.3. The number of nitrogens with one attached hydrogen (secondary N) is 2. The van der Waals surface area contributed by atoms with E-state index in [1.54, 1.807) is 0 Å². The summed E-state index contributed by atoms with van der Waals surface area (Å²) < 4.78 is 0. The van der Waals surface area contributed by atoms with Crippen molar-refractivity contribution in [1.82, 2.24) is 10.6 Å². The van der Waals surface area contributed by atoms with Crippen molar-refractivity contribution in [3.63, 3.8) is 0 Å². The number of carbonyl (C=O) groups is 2. The smallest absolute Gasteiger partial charge is 0.219 e. The third-order valence-electron chi connectivity index (χ3n) is 4.31. The molecule has 1 fully saturated rings. The van der Waals surface area contributed by atoms with E-state index in [2.05, 4.69) is 10.6 Å². The molecule has 0 radical (unpaired) electrons. The monoisotopic (exact) mass is 310 g/mol. The first kappa shape index (κ1) is 19.0. The Morgan fingerprint density at radius 3 is 1.23 bits per heavy atom. The van der Waals surface area contributed by atoms with E-state index in [0.29, 0.717) is 12.8 Å². The van der Waals surface area contributed by atoms with E-state index in [1.807, 2.05) is 0 Å². The molecular weight excluding hydrogens is 276 g/mol. The third-order valence-corrected chi connectivity index (χ3v) is 4.31. The molecule has 0 aromatic carbocycles. The molecule has 0 bridgehead atoms. The summed E-state index contributed by atoms with van der Waals surface area (Å²) in [5.41, 5.74) is 0. The van der Waals surface area contributed by atoms with Gasteiger partial charge in [-0.1, -0.05) is 51.4 Å². The van der Waals surface area contributed by atoms with Crippen molar-refractivity contribution < 1.29 is 9.59 Å². The van der Waals surface area contributed by atoms with Gasteiger partial charge in [-0.3, -0.25) is 9.59 Å². The molecule has 4 heteroatoms. The lowest BCUT2D eigenvalue weighted by atomic mass is 10.1. The molecule has 4 nitrogen and oxygen atoms in total. The van der Waals surface area contributed by atoms with Crippen LogP contribution < -0.4 is 10.6 Å². The highest BCUT2D eigenvalue weighted by Gasteiger charge is 2.03. The fraction of sp³-hybridized carbons (Fsp3) is 0.889. The molecular formula is C18H34N2O2. The van der Waals surface area contributed by atoms with Gasteiger partial charge in [-0.25, -0.2) is 0 Å². The van der Waals surface area contributed by atoms with Crippen molar-refractivity contribution in [2.75, 3.05) is 13.1 Å². The van der Waals surface area contributed by atoms with Crippen LogP contribution >= 0.6 is 0 Å². The summed E-state index contributed by atoms with van der Waals surface area (Å²) in [5.74, 6) is 0.366. The molecule has 1 heterocycles. The van der Waals surface area contributed by atoms with Crippen molar-refractivity contribution in [2.24, 2.45) is 0 Å². The molecule has 0 spiro atoms. The quantitative estimate of drug-likeness (QED) is 0.717. The largest absolute Gasteiger partial charge is 0.356 e. The van der Waals surface area contributed by atoms with Crippen molar-refractivity contribution in [1.29, 1.82) is 0 Å². The standard InChI is InChI=1S/C18H34N2O2/c21-17-13-9-6-4-2-1-3-5-7-11-15-19-18(22)14-10-8-12-16-20-17/h1-16H2,(H,19,22)(H,20,21). The van der Waals surface area contributed by atoms with E-state index >= 15 is 0 Å². The second kappa shape index (κ2) is 13.6. The number of hydrogen-bond acceptors (Lipinski definition) is 2. The van der Waals surface area contributed by atoms with Crippen LogP contribution in [0.2, 0.25) is 0 Å². The normalized spacial score (nSPS) is 22.4. The van der Waals surface area contributed by atoms with Crippen molar-refractivity contribution in [2.45, 2.75) is 89.9 Å². The average Bonchev–Trinajstić information content (AvgIpc) is 2.50. The summed E-state index contributed by atoms with van der Waals surface area (Å²) >= 11 is 0. The highest BCUT2D eigenvalue weighted by Crippen LogP contribution is 2.10. The number of amides is 2. The van der Waals surface area contributed by atoms with Crippen molar-refractivity contribution in [3.05, 3.63) is 0 Å². The molecule has 0 aromatic rings. The third kappa shape index (κ3) is 11.6. The minimum Gasteiger partial charge on any atom is -0.356 e. The molecule has 128 valence electrons. The van der Waals surface area contributed by atoms with Crippen LogP contribution in [0.15, 0.2) is 0 Å². The first-order valence-corrected chi connectivity index (χ1v) is 9.32. The Bertz CT molecular complexity index is 275. The van der Waals surface area contributed by atoms with Gasteiger partial charge in [0, 0.05) is 25.9 Å². The van der Waals surface area contributed by atoms with Crippen LogP contribution in [0, 0.1) is 0 Å². The summed E-state index contributed by atoms with van der Waals surface area (Å²) in [7, 11) is 0. The Kier molecular flexibility index (Phi) is 11.7. The van der Waals surface area contributed by atoms with Gasteiger partial charge in [0.1, 0.15) is 0 Å². The minimum atomic E-state index is 0.179. The van der Waals surface area contributed by atoms with Gasteiger partial charge in [0.2, 0.25) is 11.8 Å². The number of hydrogen-bond donors (Lipinski definition) is 2. The van der Waals surface area contributed by atoms with Crippen LogP contribution in [-0.4, -0.2) is 24.9 Å². The fourth-order valence-electron chi connectivity index (χ4n) is 2.87. The first-order valence-electron chi connectivity index (χ1n) is 9.32. The van der Waals surface area contributed by atoms with Gasteiger partial charge in [-0.05, 0) is 25.7 Å². The lowest BCUT2D eigenvalue weighted by molar-refractivity contribution is -0.122. The van der Waals surface area contributed by atoms with E-state index in [0.717, 1.165) is 45.2 Å². The van der Waals surface area contributed by atoms with Gasteiger partial charge in [-0.15, -0.1) is 0 Å². The summed E-state index contributed by atoms with van der Waals surface area (Å²) in [5, 5.41) is 5.98. The van der Waals surface area contributed by atoms with Crippen LogP contribution in [0.1, 0.15) is 89.9 Å². The SMILES string of the molecule is O=C1CCCCCCCCCCCNC(=O)CCCCCN1. The highest BCUT2D eigenvalue weighted by molar-refractivity contribution is 5.76. The zero-order valence-electron chi connectivity index (χ0n) is 14.1. The maximum atomic E-state index is 11.6. The topological polar surface area (TPSA) is 58.2 Å². The Hall–Kier alpha value is -1.06. The van der Waals surface area contributed by atoms with Gasteiger partial charge in [0.25, 0.3) is 0 Å². The van der Waals surface area contributed by atoms with Crippen LogP contribution in [0.4, 0.5) is 0 Å². The molecule has 0 aromatic heterocycles. The average molecular weight is 310 g/mol. The molecule has 0 saturated carbocycles. The Balaban J connectivity index is 2.18. The van der Waals surface area contributed by atoms with Gasteiger partial charge in [0.15, 0.2) is 0 Å². The Labute approximate surface area is 135 Å². The van der Waals surface area contributed by atoms with E-state index < -0.39 is 0 Å². The van der Waals surface area contributed by atoms with E-state index in [9.17, 15) is 9.59 Å². The summed E-state index contributed by atoms with van der Waals surface area (Å²) in [6.07, 6.45) is 15.1. The molecule has 22 heavy (non-hydrogen) atoms. The predicted octanol–water partition coefficient (Wildman–Crippen LogP) is 3.69. The van der Waals surface area contributed by atoms with Gasteiger partial charge in [-0.2, -0.15) is 0 Å². The van der Waals surface area contributed by atoms with E-state index in [4.69, 9.17) is 0 Å². The van der Waals surface area contributed by atoms with Gasteiger partial charge < -0.3 is 10.6 Å². The zero-order valence-corrected chi connectivity index (χ0v) is 14.1. The molecule has 2 N–H and O–H groups in total. The molecule has 1 aliphatic heterocycles. The first-order chi connectivity index (χ1) is 10.8.